The molecule has 86 valence electrons. The lowest BCUT2D eigenvalue weighted by Crippen LogP contribution is -2.21. The summed E-state index contributed by atoms with van der Waals surface area (Å²) in [5, 5.41) is 19.4. The fourth-order valence-electron chi connectivity index (χ4n) is 1.12. The highest BCUT2D eigenvalue weighted by atomic mass is 79.9. The van der Waals surface area contributed by atoms with Gasteiger partial charge >= 0.3 is 12.1 Å². The van der Waals surface area contributed by atoms with Gasteiger partial charge in [-0.3, -0.25) is 0 Å². The van der Waals surface area contributed by atoms with E-state index < -0.39 is 12.1 Å². The summed E-state index contributed by atoms with van der Waals surface area (Å²) in [5.41, 5.74) is 0.772. The zero-order chi connectivity index (χ0) is 12.3. The number of rotatable bonds is 3. The molecule has 0 bridgehead atoms. The maximum absolute atomic E-state index is 10.8. The highest BCUT2D eigenvalue weighted by Crippen LogP contribution is 2.18. The zero-order valence-corrected chi connectivity index (χ0v) is 9.91. The van der Waals surface area contributed by atoms with Crippen LogP contribution in [-0.2, 0) is 6.54 Å². The molecule has 0 unspecified atom stereocenters. The van der Waals surface area contributed by atoms with Crippen molar-refractivity contribution >= 4 is 28.0 Å². The van der Waals surface area contributed by atoms with E-state index in [0.717, 1.165) is 0 Å². The predicted molar refractivity (Wildman–Crippen MR) is 58.5 cm³/mol. The molecular formula is C9H9BrN2O4. The van der Waals surface area contributed by atoms with Crippen LogP contribution in [0.3, 0.4) is 0 Å². The first kappa shape index (κ1) is 12.4. The quantitative estimate of drug-likeness (QED) is 0.785. The number of aryl methyl sites for hydroxylation is 1. The Morgan fingerprint density at radius 1 is 1.50 bits per heavy atom. The second-order valence-corrected chi connectivity index (χ2v) is 3.90. The Balaban J connectivity index is 3.05. The number of hydrogen-bond acceptors (Lipinski definition) is 3. The average Bonchev–Trinajstić information content (AvgIpc) is 2.15. The van der Waals surface area contributed by atoms with Crippen LogP contribution in [0.4, 0.5) is 4.79 Å². The number of hydrogen-bond donors (Lipinski definition) is 3. The van der Waals surface area contributed by atoms with E-state index in [1.807, 2.05) is 0 Å². The molecule has 1 rings (SSSR count). The minimum absolute atomic E-state index is 0.0452. The van der Waals surface area contributed by atoms with Gasteiger partial charge < -0.3 is 15.5 Å². The van der Waals surface area contributed by atoms with Gasteiger partial charge in [0.05, 0.1) is 12.2 Å². The summed E-state index contributed by atoms with van der Waals surface area (Å²) in [7, 11) is 0. The van der Waals surface area contributed by atoms with Crippen LogP contribution in [0.15, 0.2) is 10.5 Å². The van der Waals surface area contributed by atoms with Gasteiger partial charge in [-0.05, 0) is 34.5 Å². The number of pyridine rings is 1. The maximum Gasteiger partial charge on any atom is 0.404 e. The van der Waals surface area contributed by atoms with E-state index in [0.29, 0.717) is 15.7 Å². The lowest BCUT2D eigenvalue weighted by Gasteiger charge is -2.07. The van der Waals surface area contributed by atoms with E-state index >= 15 is 0 Å². The summed E-state index contributed by atoms with van der Waals surface area (Å²) < 4.78 is 0.573. The van der Waals surface area contributed by atoms with Crippen molar-refractivity contribution in [2.24, 2.45) is 0 Å². The van der Waals surface area contributed by atoms with Crippen molar-refractivity contribution in [3.63, 3.8) is 0 Å². The molecule has 0 aliphatic heterocycles. The molecule has 0 saturated carbocycles. The molecule has 0 aliphatic carbocycles. The molecule has 1 amide bonds. The molecule has 0 spiro atoms. The SMILES string of the molecule is Cc1cc(Br)c(CNC(=O)O)nc1C(=O)O. The number of aromatic carboxylic acids is 1. The third-order valence-corrected chi connectivity index (χ3v) is 2.54. The van der Waals surface area contributed by atoms with Crippen molar-refractivity contribution in [3.05, 3.63) is 27.5 Å². The summed E-state index contributed by atoms with van der Waals surface area (Å²) in [6.45, 7) is 1.58. The van der Waals surface area contributed by atoms with Crippen molar-refractivity contribution in [2.45, 2.75) is 13.5 Å². The molecule has 7 heteroatoms. The van der Waals surface area contributed by atoms with Crippen molar-refractivity contribution in [2.75, 3.05) is 0 Å². The normalized spacial score (nSPS) is 9.88. The summed E-state index contributed by atoms with van der Waals surface area (Å²) in [4.78, 5) is 25.0. The average molecular weight is 289 g/mol. The smallest absolute Gasteiger partial charge is 0.404 e. The zero-order valence-electron chi connectivity index (χ0n) is 8.32. The fraction of sp³-hybridized carbons (Fsp3) is 0.222. The van der Waals surface area contributed by atoms with Crippen LogP contribution in [0.2, 0.25) is 0 Å². The molecule has 1 aromatic rings. The molecule has 6 nitrogen and oxygen atoms in total. The summed E-state index contributed by atoms with van der Waals surface area (Å²) in [5.74, 6) is -1.14. The Labute approximate surface area is 99.4 Å². The Hall–Kier alpha value is -1.63. The van der Waals surface area contributed by atoms with Crippen LogP contribution in [0.5, 0.6) is 0 Å². The van der Waals surface area contributed by atoms with Crippen molar-refractivity contribution < 1.29 is 19.8 Å². The number of nitrogens with zero attached hydrogens (tertiary/aromatic N) is 1. The molecule has 0 atom stereocenters. The first-order valence-corrected chi connectivity index (χ1v) is 5.07. The number of halogens is 1. The Kier molecular flexibility index (Phi) is 3.83. The van der Waals surface area contributed by atoms with Crippen molar-refractivity contribution in [1.29, 1.82) is 0 Å². The number of carboxylic acids is 1. The Morgan fingerprint density at radius 3 is 2.62 bits per heavy atom. The van der Waals surface area contributed by atoms with E-state index in [1.165, 1.54) is 0 Å². The van der Waals surface area contributed by atoms with E-state index in [1.54, 1.807) is 13.0 Å². The van der Waals surface area contributed by atoms with E-state index in [2.05, 4.69) is 26.2 Å². The monoisotopic (exact) mass is 288 g/mol. The number of carboxylic acid groups (broad SMARTS) is 2. The van der Waals surface area contributed by atoms with Crippen LogP contribution < -0.4 is 5.32 Å². The second-order valence-electron chi connectivity index (χ2n) is 3.05. The van der Waals surface area contributed by atoms with Gasteiger partial charge in [0.25, 0.3) is 0 Å². The van der Waals surface area contributed by atoms with E-state index in [4.69, 9.17) is 10.2 Å². The molecule has 3 N–H and O–H groups in total. The molecule has 0 radical (unpaired) electrons. The lowest BCUT2D eigenvalue weighted by molar-refractivity contribution is 0.0689. The van der Waals surface area contributed by atoms with E-state index in [9.17, 15) is 9.59 Å². The number of nitrogens with one attached hydrogen (secondary N) is 1. The molecule has 0 aliphatic rings. The standard InChI is InChI=1S/C9H9BrN2O4/c1-4-2-5(10)6(3-11-9(15)16)12-7(4)8(13)14/h2,11H,3H2,1H3,(H,13,14)(H,15,16). The van der Waals surface area contributed by atoms with Crippen LogP contribution in [0.1, 0.15) is 21.7 Å². The highest BCUT2D eigenvalue weighted by Gasteiger charge is 2.13. The van der Waals surface area contributed by atoms with Gasteiger partial charge in [-0.2, -0.15) is 0 Å². The van der Waals surface area contributed by atoms with Crippen LogP contribution >= 0.6 is 15.9 Å². The van der Waals surface area contributed by atoms with Crippen LogP contribution in [-0.4, -0.2) is 27.3 Å². The van der Waals surface area contributed by atoms with Crippen molar-refractivity contribution in [3.8, 4) is 0 Å². The predicted octanol–water partition coefficient (Wildman–Crippen LogP) is 1.62. The third-order valence-electron chi connectivity index (χ3n) is 1.85. The fourth-order valence-corrected chi connectivity index (χ4v) is 1.69. The van der Waals surface area contributed by atoms with E-state index in [-0.39, 0.29) is 12.2 Å². The van der Waals surface area contributed by atoms with Gasteiger partial charge in [-0.25, -0.2) is 14.6 Å². The van der Waals surface area contributed by atoms with Gasteiger partial charge in [-0.15, -0.1) is 0 Å². The molecule has 1 heterocycles. The van der Waals surface area contributed by atoms with Crippen LogP contribution in [0.25, 0.3) is 0 Å². The second kappa shape index (κ2) is 4.93. The van der Waals surface area contributed by atoms with Gasteiger partial charge in [0.2, 0.25) is 0 Å². The molecule has 0 saturated heterocycles. The molecule has 16 heavy (non-hydrogen) atoms. The largest absolute Gasteiger partial charge is 0.477 e. The third kappa shape index (κ3) is 2.93. The minimum atomic E-state index is -1.19. The maximum atomic E-state index is 10.8. The van der Waals surface area contributed by atoms with Gasteiger partial charge in [0.15, 0.2) is 5.69 Å². The first-order chi connectivity index (χ1) is 7.41. The molecule has 0 fully saturated rings. The minimum Gasteiger partial charge on any atom is -0.477 e. The highest BCUT2D eigenvalue weighted by molar-refractivity contribution is 9.10. The Bertz CT molecular complexity index is 447. The molecule has 0 aromatic carbocycles. The summed E-state index contributed by atoms with van der Waals surface area (Å²) >= 11 is 3.19. The number of carbonyl (C=O) groups is 2. The number of amides is 1. The Morgan fingerprint density at radius 2 is 2.12 bits per heavy atom. The van der Waals surface area contributed by atoms with Crippen molar-refractivity contribution in [1.82, 2.24) is 10.3 Å². The summed E-state index contributed by atoms with van der Waals surface area (Å²) in [6, 6.07) is 1.59. The topological polar surface area (TPSA) is 99.5 Å². The van der Waals surface area contributed by atoms with Gasteiger partial charge in [-0.1, -0.05) is 0 Å². The first-order valence-electron chi connectivity index (χ1n) is 4.28. The molecular weight excluding hydrogens is 280 g/mol. The number of aromatic nitrogens is 1. The van der Waals surface area contributed by atoms with Gasteiger partial charge in [0, 0.05) is 4.47 Å². The van der Waals surface area contributed by atoms with Crippen LogP contribution in [0, 0.1) is 6.92 Å². The summed E-state index contributed by atoms with van der Waals surface area (Å²) in [6.07, 6.45) is -1.19. The van der Waals surface area contributed by atoms with Gasteiger partial charge in [0.1, 0.15) is 0 Å². The lowest BCUT2D eigenvalue weighted by atomic mass is 10.2. The molecule has 1 aromatic heterocycles.